The van der Waals surface area contributed by atoms with Crippen LogP contribution >= 0.6 is 0 Å². The molecule has 39 heavy (non-hydrogen) atoms. The monoisotopic (exact) mass is 550 g/mol. The normalized spacial score (nSPS) is 18.3. The summed E-state index contributed by atoms with van der Waals surface area (Å²) in [5, 5.41) is 0. The van der Waals surface area contributed by atoms with Crippen LogP contribution in [0.5, 0.6) is 0 Å². The van der Waals surface area contributed by atoms with E-state index in [1.807, 2.05) is 29.2 Å². The largest absolute Gasteiger partial charge is 0.416 e. The summed E-state index contributed by atoms with van der Waals surface area (Å²) < 4.78 is 85.9. The molecule has 0 radical (unpaired) electrons. The fraction of sp³-hybridized carbons (Fsp3) is 0.393. The Morgan fingerprint density at radius 3 is 2.33 bits per heavy atom. The van der Waals surface area contributed by atoms with Crippen LogP contribution in [0.3, 0.4) is 0 Å². The first-order valence-electron chi connectivity index (χ1n) is 12.7. The molecular weight excluding hydrogens is 522 g/mol. The fourth-order valence-electron chi connectivity index (χ4n) is 5.17. The highest BCUT2D eigenvalue weighted by atomic mass is 19.4. The molecule has 1 fully saturated rings. The van der Waals surface area contributed by atoms with Gasteiger partial charge in [0.15, 0.2) is 0 Å². The van der Waals surface area contributed by atoms with Crippen LogP contribution in [0.2, 0.25) is 0 Å². The van der Waals surface area contributed by atoms with Crippen molar-refractivity contribution in [1.29, 1.82) is 0 Å². The lowest BCUT2D eigenvalue weighted by Crippen LogP contribution is -2.44. The Hall–Kier alpha value is -3.47. The van der Waals surface area contributed by atoms with Crippen LogP contribution in [0.25, 0.3) is 0 Å². The van der Waals surface area contributed by atoms with Crippen LogP contribution in [-0.4, -0.2) is 50.6 Å². The third-order valence-electron chi connectivity index (χ3n) is 7.05. The van der Waals surface area contributed by atoms with E-state index >= 15 is 0 Å². The minimum absolute atomic E-state index is 0.214. The maximum Gasteiger partial charge on any atom is 0.416 e. The number of benzene rings is 2. The van der Waals surface area contributed by atoms with E-state index in [1.54, 1.807) is 29.3 Å². The quantitative estimate of drug-likeness (QED) is 0.329. The molecule has 3 aromatic rings. The molecule has 0 bridgehead atoms. The Kier molecular flexibility index (Phi) is 7.61. The van der Waals surface area contributed by atoms with Crippen molar-refractivity contribution in [2.24, 2.45) is 0 Å². The highest BCUT2D eigenvalue weighted by Crippen LogP contribution is 2.43. The lowest BCUT2D eigenvalue weighted by Gasteiger charge is -2.45. The van der Waals surface area contributed by atoms with Gasteiger partial charge in [-0.1, -0.05) is 24.3 Å². The summed E-state index contributed by atoms with van der Waals surface area (Å²) in [7, 11) is 0. The first-order valence-corrected chi connectivity index (χ1v) is 12.7. The van der Waals surface area contributed by atoms with Gasteiger partial charge in [0.1, 0.15) is 5.82 Å². The van der Waals surface area contributed by atoms with E-state index in [-0.39, 0.29) is 13.1 Å². The van der Waals surface area contributed by atoms with Crippen molar-refractivity contribution < 1.29 is 31.1 Å². The van der Waals surface area contributed by atoms with Crippen molar-refractivity contribution in [2.75, 3.05) is 54.1 Å². The summed E-state index contributed by atoms with van der Waals surface area (Å²) in [6.45, 7) is 2.91. The second-order valence-electron chi connectivity index (χ2n) is 9.69. The van der Waals surface area contributed by atoms with E-state index in [1.165, 1.54) is 6.07 Å². The zero-order chi connectivity index (χ0) is 27.6. The Morgan fingerprint density at radius 2 is 1.62 bits per heavy atom. The molecule has 11 heteroatoms. The van der Waals surface area contributed by atoms with Gasteiger partial charge < -0.3 is 19.4 Å². The molecule has 5 nitrogen and oxygen atoms in total. The number of para-hydroxylation sites is 2. The number of halogens is 6. The number of morpholine rings is 1. The first-order chi connectivity index (χ1) is 18.6. The molecule has 2 aliphatic heterocycles. The molecule has 208 valence electrons. The van der Waals surface area contributed by atoms with E-state index in [0.29, 0.717) is 31.0 Å². The van der Waals surface area contributed by atoms with Crippen LogP contribution in [-0.2, 0) is 17.5 Å². The van der Waals surface area contributed by atoms with Crippen LogP contribution < -0.4 is 14.7 Å². The predicted molar refractivity (Wildman–Crippen MR) is 137 cm³/mol. The van der Waals surface area contributed by atoms with E-state index in [9.17, 15) is 26.3 Å². The smallest absolute Gasteiger partial charge is 0.378 e. The van der Waals surface area contributed by atoms with Gasteiger partial charge in [-0.25, -0.2) is 4.98 Å². The number of ether oxygens (including phenoxy) is 1. The fourth-order valence-corrected chi connectivity index (χ4v) is 5.17. The third kappa shape index (κ3) is 6.41. The number of alkyl halides is 6. The van der Waals surface area contributed by atoms with Gasteiger partial charge in [-0.05, 0) is 47.5 Å². The molecule has 5 rings (SSSR count). The Balaban J connectivity index is 1.50. The maximum absolute atomic E-state index is 13.5. The molecule has 1 saturated heterocycles. The molecular formula is C28H28F6N4O. The van der Waals surface area contributed by atoms with Gasteiger partial charge in [-0.15, -0.1) is 0 Å². The SMILES string of the molecule is FC(F)(F)CCN1c2ccccc2N(Cc2ccnc(N3CCOCC3)c2)CC1c1cccc(C(F)(F)F)c1. The van der Waals surface area contributed by atoms with Crippen LogP contribution in [0.4, 0.5) is 43.5 Å². The van der Waals surface area contributed by atoms with Crippen molar-refractivity contribution >= 4 is 17.2 Å². The van der Waals surface area contributed by atoms with Crippen molar-refractivity contribution in [3.63, 3.8) is 0 Å². The average Bonchev–Trinajstić information content (AvgIpc) is 2.92. The zero-order valence-corrected chi connectivity index (χ0v) is 21.0. The maximum atomic E-state index is 13.5. The number of hydrogen-bond acceptors (Lipinski definition) is 5. The first kappa shape index (κ1) is 27.1. The lowest BCUT2D eigenvalue weighted by molar-refractivity contribution is -0.137. The number of aromatic nitrogens is 1. The molecule has 0 N–H and O–H groups in total. The molecule has 0 amide bonds. The molecule has 2 aliphatic rings. The number of fused-ring (bicyclic) bond motifs is 1. The molecule has 2 aromatic carbocycles. The standard InChI is InChI=1S/C28H28F6N4O/c29-27(30,31)9-11-38-24-7-2-1-6-23(24)37(19-25(38)21-4-3-5-22(17-21)28(32,33)34)18-20-8-10-35-26(16-20)36-12-14-39-15-13-36/h1-8,10,16-17,25H,9,11-15,18-19H2. The van der Waals surface area contributed by atoms with E-state index in [0.717, 1.165) is 42.3 Å². The minimum atomic E-state index is -4.56. The molecule has 1 atom stereocenters. The molecule has 1 aromatic heterocycles. The molecule has 0 saturated carbocycles. The second-order valence-corrected chi connectivity index (χ2v) is 9.69. The Labute approximate surface area is 222 Å². The Morgan fingerprint density at radius 1 is 0.872 bits per heavy atom. The van der Waals surface area contributed by atoms with Gasteiger partial charge in [0.05, 0.1) is 42.6 Å². The van der Waals surface area contributed by atoms with E-state index in [4.69, 9.17) is 4.74 Å². The summed E-state index contributed by atoms with van der Waals surface area (Å²) in [5.74, 6) is 0.808. The number of nitrogens with zero attached hydrogens (tertiary/aromatic N) is 4. The Bertz CT molecular complexity index is 1280. The summed E-state index contributed by atoms with van der Waals surface area (Å²) in [4.78, 5) is 10.2. The average molecular weight is 551 g/mol. The van der Waals surface area contributed by atoms with Crippen molar-refractivity contribution in [1.82, 2.24) is 4.98 Å². The van der Waals surface area contributed by atoms with Gasteiger partial charge in [0.2, 0.25) is 0 Å². The molecule has 3 heterocycles. The van der Waals surface area contributed by atoms with Crippen LogP contribution in [0, 0.1) is 0 Å². The van der Waals surface area contributed by atoms with Crippen molar-refractivity contribution in [3.05, 3.63) is 83.6 Å². The van der Waals surface area contributed by atoms with Crippen molar-refractivity contribution in [2.45, 2.75) is 31.4 Å². The van der Waals surface area contributed by atoms with E-state index < -0.39 is 30.4 Å². The third-order valence-corrected chi connectivity index (χ3v) is 7.05. The molecule has 1 unspecified atom stereocenters. The number of rotatable bonds is 6. The van der Waals surface area contributed by atoms with Gasteiger partial charge in [0.25, 0.3) is 0 Å². The number of pyridine rings is 1. The molecule has 0 spiro atoms. The highest BCUT2D eigenvalue weighted by Gasteiger charge is 2.37. The number of hydrogen-bond donors (Lipinski definition) is 0. The summed E-state index contributed by atoms with van der Waals surface area (Å²) in [5.41, 5.74) is 1.71. The van der Waals surface area contributed by atoms with Crippen molar-refractivity contribution in [3.8, 4) is 0 Å². The van der Waals surface area contributed by atoms with Gasteiger partial charge in [-0.2, -0.15) is 26.3 Å². The minimum Gasteiger partial charge on any atom is -0.378 e. The molecule has 0 aliphatic carbocycles. The summed E-state index contributed by atoms with van der Waals surface area (Å²) in [6, 6.07) is 15.1. The van der Waals surface area contributed by atoms with Gasteiger partial charge in [0, 0.05) is 38.9 Å². The number of anilines is 3. The predicted octanol–water partition coefficient (Wildman–Crippen LogP) is 6.46. The topological polar surface area (TPSA) is 31.8 Å². The van der Waals surface area contributed by atoms with Crippen LogP contribution in [0.1, 0.15) is 29.2 Å². The summed E-state index contributed by atoms with van der Waals surface area (Å²) in [6.07, 6.45) is -8.33. The lowest BCUT2D eigenvalue weighted by atomic mass is 9.97. The van der Waals surface area contributed by atoms with Gasteiger partial charge in [-0.3, -0.25) is 0 Å². The summed E-state index contributed by atoms with van der Waals surface area (Å²) >= 11 is 0. The van der Waals surface area contributed by atoms with Gasteiger partial charge >= 0.3 is 12.4 Å². The second kappa shape index (κ2) is 11.0. The van der Waals surface area contributed by atoms with Crippen LogP contribution in [0.15, 0.2) is 66.9 Å². The van der Waals surface area contributed by atoms with E-state index in [2.05, 4.69) is 9.88 Å². The zero-order valence-electron chi connectivity index (χ0n) is 21.0. The highest BCUT2D eigenvalue weighted by molar-refractivity contribution is 5.74.